The smallest absolute Gasteiger partial charge is 0.0455 e. The van der Waals surface area contributed by atoms with Gasteiger partial charge >= 0.3 is 0 Å². The van der Waals surface area contributed by atoms with Crippen LogP contribution in [0.4, 0.5) is 17.1 Å². The first-order valence-corrected chi connectivity index (χ1v) is 11.9. The SMILES string of the molecule is C/C=C\C.C=C/C=C(\C=C/N(c1ccccc1)c1ccc(C)cc1)N(C)c1ccccc1.CC. The molecule has 2 nitrogen and oxygen atoms in total. The summed E-state index contributed by atoms with van der Waals surface area (Å²) in [6.07, 6.45) is 12.1. The number of nitrogens with zero attached hydrogens (tertiary/aromatic N) is 2. The summed E-state index contributed by atoms with van der Waals surface area (Å²) in [5, 5.41) is 0. The lowest BCUT2D eigenvalue weighted by atomic mass is 10.2. The maximum Gasteiger partial charge on any atom is 0.0455 e. The standard InChI is InChI=1S/C26H26N2.C4H8.C2H6/c1-4-11-23(27(3)24-12-7-5-8-13-24)20-21-28(25-14-9-6-10-15-25)26-18-16-22(2)17-19-26;1-3-4-2;1-2/h4-21H,1H2,2-3H3;3-4H,1-2H3;1-2H3/b21-20-,23-11+;4-3-;. The maximum atomic E-state index is 3.88. The molecule has 0 aliphatic heterocycles. The van der Waals surface area contributed by atoms with Gasteiger partial charge in [0.25, 0.3) is 0 Å². The minimum Gasteiger partial charge on any atom is -0.345 e. The second-order valence-corrected chi connectivity index (χ2v) is 7.25. The van der Waals surface area contributed by atoms with Crippen LogP contribution >= 0.6 is 0 Å². The lowest BCUT2D eigenvalue weighted by molar-refractivity contribution is 1.13. The summed E-state index contributed by atoms with van der Waals surface area (Å²) in [7, 11) is 2.06. The largest absolute Gasteiger partial charge is 0.345 e. The zero-order chi connectivity index (χ0) is 25.2. The molecule has 0 aliphatic rings. The van der Waals surface area contributed by atoms with Crippen molar-refractivity contribution in [1.82, 2.24) is 0 Å². The third kappa shape index (κ3) is 9.38. The highest BCUT2D eigenvalue weighted by Crippen LogP contribution is 2.27. The molecule has 0 aromatic heterocycles. The number of rotatable bonds is 7. The Morgan fingerprint density at radius 2 is 1.18 bits per heavy atom. The van der Waals surface area contributed by atoms with Gasteiger partial charge in [0.15, 0.2) is 0 Å². The van der Waals surface area contributed by atoms with E-state index in [1.54, 1.807) is 0 Å². The van der Waals surface area contributed by atoms with Gasteiger partial charge in [-0.3, -0.25) is 0 Å². The number of benzene rings is 3. The molecule has 0 heterocycles. The molecular formula is C32H40N2. The van der Waals surface area contributed by atoms with Crippen molar-refractivity contribution in [2.24, 2.45) is 0 Å². The molecular weight excluding hydrogens is 412 g/mol. The molecule has 3 rings (SSSR count). The van der Waals surface area contributed by atoms with Crippen molar-refractivity contribution in [2.75, 3.05) is 16.8 Å². The average Bonchev–Trinajstić information content (AvgIpc) is 2.91. The van der Waals surface area contributed by atoms with Crippen molar-refractivity contribution in [3.05, 3.63) is 139 Å². The zero-order valence-corrected chi connectivity index (χ0v) is 21.6. The number of anilines is 3. The number of allylic oxidation sites excluding steroid dienone is 5. The van der Waals surface area contributed by atoms with Crippen LogP contribution in [0, 0.1) is 6.92 Å². The fraction of sp³-hybridized carbons (Fsp3) is 0.188. The second kappa shape index (κ2) is 16.8. The van der Waals surface area contributed by atoms with Gasteiger partial charge in [-0.2, -0.15) is 0 Å². The van der Waals surface area contributed by atoms with Crippen LogP contribution in [0.5, 0.6) is 0 Å². The van der Waals surface area contributed by atoms with Crippen molar-refractivity contribution in [3.63, 3.8) is 0 Å². The average molecular weight is 453 g/mol. The summed E-state index contributed by atoms with van der Waals surface area (Å²) >= 11 is 0. The van der Waals surface area contributed by atoms with Crippen LogP contribution in [0.25, 0.3) is 0 Å². The molecule has 0 saturated heterocycles. The molecule has 0 atom stereocenters. The first kappa shape index (κ1) is 28.3. The molecule has 3 aromatic carbocycles. The molecule has 2 heteroatoms. The Balaban J connectivity index is 0.000000872. The Morgan fingerprint density at radius 1 is 0.706 bits per heavy atom. The van der Waals surface area contributed by atoms with Crippen molar-refractivity contribution in [2.45, 2.75) is 34.6 Å². The van der Waals surface area contributed by atoms with E-state index in [2.05, 4.69) is 103 Å². The lowest BCUT2D eigenvalue weighted by Gasteiger charge is -2.24. The molecule has 0 unspecified atom stereocenters. The van der Waals surface area contributed by atoms with Gasteiger partial charge in [0.2, 0.25) is 0 Å². The van der Waals surface area contributed by atoms with Crippen molar-refractivity contribution < 1.29 is 0 Å². The number of aryl methyl sites for hydroxylation is 1. The van der Waals surface area contributed by atoms with Crippen LogP contribution in [0.1, 0.15) is 33.3 Å². The fourth-order valence-corrected chi connectivity index (χ4v) is 2.97. The minimum atomic E-state index is 1.05. The van der Waals surface area contributed by atoms with Gasteiger partial charge in [-0.05, 0) is 69.3 Å². The van der Waals surface area contributed by atoms with Crippen LogP contribution in [-0.2, 0) is 0 Å². The zero-order valence-electron chi connectivity index (χ0n) is 21.6. The monoisotopic (exact) mass is 452 g/mol. The predicted molar refractivity (Wildman–Crippen MR) is 154 cm³/mol. The summed E-state index contributed by atoms with van der Waals surface area (Å²) in [5.74, 6) is 0. The highest BCUT2D eigenvalue weighted by atomic mass is 15.1. The highest BCUT2D eigenvalue weighted by molar-refractivity contribution is 5.67. The van der Waals surface area contributed by atoms with Gasteiger partial charge in [-0.25, -0.2) is 0 Å². The molecule has 0 radical (unpaired) electrons. The molecule has 0 spiro atoms. The third-order valence-electron chi connectivity index (χ3n) is 4.89. The van der Waals surface area contributed by atoms with Gasteiger partial charge in [0.1, 0.15) is 0 Å². The molecule has 0 bridgehead atoms. The van der Waals surface area contributed by atoms with E-state index in [4.69, 9.17) is 0 Å². The summed E-state index contributed by atoms with van der Waals surface area (Å²) in [6, 6.07) is 29.2. The third-order valence-corrected chi connectivity index (χ3v) is 4.89. The van der Waals surface area contributed by atoms with Gasteiger partial charge in [0.05, 0.1) is 0 Å². The van der Waals surface area contributed by atoms with E-state index in [0.717, 1.165) is 22.8 Å². The number of hydrogen-bond donors (Lipinski definition) is 0. The Labute approximate surface area is 207 Å². The Hall–Kier alpha value is -3.78. The molecule has 0 fully saturated rings. The number of hydrogen-bond acceptors (Lipinski definition) is 2. The van der Waals surface area contributed by atoms with Gasteiger partial charge < -0.3 is 9.80 Å². The maximum absolute atomic E-state index is 3.88. The van der Waals surface area contributed by atoms with Gasteiger partial charge in [0, 0.05) is 36.0 Å². The van der Waals surface area contributed by atoms with E-state index < -0.39 is 0 Å². The van der Waals surface area contributed by atoms with Crippen LogP contribution in [0.2, 0.25) is 0 Å². The molecule has 178 valence electrons. The van der Waals surface area contributed by atoms with E-state index >= 15 is 0 Å². The lowest BCUT2D eigenvalue weighted by Crippen LogP contribution is -2.16. The van der Waals surface area contributed by atoms with Crippen LogP contribution in [0.15, 0.2) is 134 Å². The van der Waals surface area contributed by atoms with Crippen molar-refractivity contribution in [3.8, 4) is 0 Å². The molecule has 3 aromatic rings. The molecule has 0 amide bonds. The topological polar surface area (TPSA) is 6.48 Å². The van der Waals surface area contributed by atoms with Crippen LogP contribution in [-0.4, -0.2) is 7.05 Å². The van der Waals surface area contributed by atoms with Crippen LogP contribution in [0.3, 0.4) is 0 Å². The predicted octanol–water partition coefficient (Wildman–Crippen LogP) is 9.46. The van der Waals surface area contributed by atoms with E-state index in [1.807, 2.05) is 76.3 Å². The van der Waals surface area contributed by atoms with Crippen molar-refractivity contribution in [1.29, 1.82) is 0 Å². The second-order valence-electron chi connectivity index (χ2n) is 7.25. The normalized spacial score (nSPS) is 10.7. The summed E-state index contributed by atoms with van der Waals surface area (Å²) < 4.78 is 0. The van der Waals surface area contributed by atoms with E-state index in [9.17, 15) is 0 Å². The molecule has 0 N–H and O–H groups in total. The highest BCUT2D eigenvalue weighted by Gasteiger charge is 2.08. The summed E-state index contributed by atoms with van der Waals surface area (Å²) in [4.78, 5) is 4.34. The Morgan fingerprint density at radius 3 is 1.65 bits per heavy atom. The fourth-order valence-electron chi connectivity index (χ4n) is 2.97. The Bertz CT molecular complexity index is 1010. The molecule has 0 saturated carbocycles. The summed E-state index contributed by atoms with van der Waals surface area (Å²) in [6.45, 7) is 14.0. The molecule has 0 aliphatic carbocycles. The van der Waals surface area contributed by atoms with Crippen LogP contribution < -0.4 is 9.80 Å². The minimum absolute atomic E-state index is 1.05. The first-order chi connectivity index (χ1) is 16.6. The van der Waals surface area contributed by atoms with Gasteiger partial charge in [-0.15, -0.1) is 0 Å². The van der Waals surface area contributed by atoms with E-state index in [1.165, 1.54) is 5.56 Å². The number of likely N-dealkylation sites (N-methyl/N-ethyl adjacent to an activating group) is 1. The van der Waals surface area contributed by atoms with Crippen molar-refractivity contribution >= 4 is 17.1 Å². The molecule has 34 heavy (non-hydrogen) atoms. The van der Waals surface area contributed by atoms with E-state index in [0.29, 0.717) is 0 Å². The Kier molecular flexibility index (Phi) is 14.0. The quantitative estimate of drug-likeness (QED) is 0.260. The number of para-hydroxylation sites is 2. The van der Waals surface area contributed by atoms with E-state index in [-0.39, 0.29) is 0 Å². The summed E-state index contributed by atoms with van der Waals surface area (Å²) in [5.41, 5.74) is 5.66. The first-order valence-electron chi connectivity index (χ1n) is 11.9. The van der Waals surface area contributed by atoms with Gasteiger partial charge in [-0.1, -0.05) is 92.7 Å².